The molecule has 1 atom stereocenters. The fraction of sp³-hybridized carbons (Fsp3) is 0.265. The number of carbonyl (C=O) groups is 1. The van der Waals surface area contributed by atoms with Crippen molar-refractivity contribution in [1.82, 2.24) is 4.57 Å². The lowest BCUT2D eigenvalue weighted by Gasteiger charge is -2.23. The summed E-state index contributed by atoms with van der Waals surface area (Å²) >= 11 is 4.86. The molecule has 0 saturated heterocycles. The molecule has 0 fully saturated rings. The number of fused-ring (bicyclic) bond motifs is 1. The molecule has 0 unspecified atom stereocenters. The molecule has 4 aromatic rings. The molecule has 1 aliphatic rings. The molecular weight excluding hydrogens is 660 g/mol. The third-order valence-electron chi connectivity index (χ3n) is 7.09. The van der Waals surface area contributed by atoms with Gasteiger partial charge in [-0.25, -0.2) is 9.79 Å². The van der Waals surface area contributed by atoms with Crippen molar-refractivity contribution in [3.05, 3.63) is 113 Å². The molecule has 11 heteroatoms. The van der Waals surface area contributed by atoms with Crippen molar-refractivity contribution in [2.75, 3.05) is 27.4 Å². The molecule has 1 aromatic heterocycles. The Labute approximate surface area is 273 Å². The largest absolute Gasteiger partial charge is 0.493 e. The minimum atomic E-state index is -0.791. The van der Waals surface area contributed by atoms with E-state index >= 15 is 0 Å². The number of hydrogen-bond acceptors (Lipinski definition) is 9. The summed E-state index contributed by atoms with van der Waals surface area (Å²) in [5.74, 6) is 1.59. The number of aromatic nitrogens is 1. The highest BCUT2D eigenvalue weighted by molar-refractivity contribution is 9.10. The normalized spacial score (nSPS) is 14.2. The van der Waals surface area contributed by atoms with E-state index in [1.165, 1.54) is 34.8 Å². The average Bonchev–Trinajstić information content (AvgIpc) is 3.36. The molecule has 2 heterocycles. The van der Waals surface area contributed by atoms with Crippen molar-refractivity contribution in [1.29, 1.82) is 0 Å². The van der Waals surface area contributed by atoms with Crippen LogP contribution in [-0.2, 0) is 16.1 Å². The van der Waals surface area contributed by atoms with Gasteiger partial charge in [0.15, 0.2) is 27.8 Å². The van der Waals surface area contributed by atoms with Gasteiger partial charge in [-0.05, 0) is 67.8 Å². The molecule has 0 radical (unpaired) electrons. The van der Waals surface area contributed by atoms with Gasteiger partial charge in [-0.2, -0.15) is 0 Å². The molecule has 234 valence electrons. The first-order chi connectivity index (χ1) is 21.8. The van der Waals surface area contributed by atoms with Crippen LogP contribution in [0.15, 0.2) is 80.6 Å². The lowest BCUT2D eigenvalue weighted by atomic mass is 9.97. The topological polar surface area (TPSA) is 97.6 Å². The maximum Gasteiger partial charge on any atom is 0.337 e. The fourth-order valence-corrected chi connectivity index (χ4v) is 6.30. The van der Waals surface area contributed by atoms with E-state index in [1.54, 1.807) is 25.3 Å². The van der Waals surface area contributed by atoms with Crippen molar-refractivity contribution in [2.45, 2.75) is 33.4 Å². The van der Waals surface area contributed by atoms with Crippen LogP contribution in [0, 0.1) is 6.92 Å². The first kappa shape index (κ1) is 32.1. The van der Waals surface area contributed by atoms with Crippen LogP contribution in [0.25, 0.3) is 6.08 Å². The molecule has 0 spiro atoms. The number of esters is 1. The van der Waals surface area contributed by atoms with Crippen LogP contribution in [0.4, 0.5) is 0 Å². The minimum Gasteiger partial charge on any atom is -0.493 e. The van der Waals surface area contributed by atoms with E-state index < -0.39 is 12.0 Å². The van der Waals surface area contributed by atoms with Crippen molar-refractivity contribution in [2.24, 2.45) is 4.99 Å². The van der Waals surface area contributed by atoms with Crippen molar-refractivity contribution in [3.8, 4) is 23.0 Å². The smallest absolute Gasteiger partial charge is 0.337 e. The molecular formula is C34H33BrN2O7S. The molecule has 0 bridgehead atoms. The van der Waals surface area contributed by atoms with Crippen LogP contribution in [0.1, 0.15) is 42.1 Å². The Morgan fingerprint density at radius 2 is 1.67 bits per heavy atom. The number of ether oxygens (including phenoxy) is 5. The van der Waals surface area contributed by atoms with Gasteiger partial charge >= 0.3 is 5.97 Å². The Morgan fingerprint density at radius 3 is 2.36 bits per heavy atom. The summed E-state index contributed by atoms with van der Waals surface area (Å²) in [7, 11) is 2.87. The second-order valence-electron chi connectivity index (χ2n) is 10.0. The quantitative estimate of drug-likeness (QED) is 0.192. The number of benzene rings is 3. The van der Waals surface area contributed by atoms with Gasteiger partial charge in [-0.3, -0.25) is 9.36 Å². The monoisotopic (exact) mass is 692 g/mol. The van der Waals surface area contributed by atoms with Crippen LogP contribution in [0.3, 0.4) is 0 Å². The number of thiazole rings is 1. The fourth-order valence-electron chi connectivity index (χ4n) is 4.91. The van der Waals surface area contributed by atoms with E-state index in [1.807, 2.05) is 63.2 Å². The van der Waals surface area contributed by atoms with Crippen molar-refractivity contribution >= 4 is 39.3 Å². The highest BCUT2D eigenvalue weighted by Crippen LogP contribution is 2.36. The van der Waals surface area contributed by atoms with Crippen LogP contribution >= 0.6 is 27.3 Å². The van der Waals surface area contributed by atoms with Gasteiger partial charge in [-0.1, -0.05) is 63.2 Å². The molecule has 9 nitrogen and oxygen atoms in total. The zero-order valence-electron chi connectivity index (χ0n) is 25.6. The molecule has 0 N–H and O–H groups in total. The highest BCUT2D eigenvalue weighted by atomic mass is 79.9. The summed E-state index contributed by atoms with van der Waals surface area (Å²) in [4.78, 5) is 31.8. The maximum atomic E-state index is 14.0. The second-order valence-corrected chi connectivity index (χ2v) is 11.9. The average molecular weight is 694 g/mol. The Kier molecular flexibility index (Phi) is 10.1. The third-order valence-corrected chi connectivity index (χ3v) is 8.78. The van der Waals surface area contributed by atoms with Gasteiger partial charge in [0, 0.05) is 10.7 Å². The molecule has 0 amide bonds. The van der Waals surface area contributed by atoms with E-state index in [4.69, 9.17) is 23.7 Å². The maximum absolute atomic E-state index is 14.0. The number of carbonyl (C=O) groups excluding carboxylic acids is 1. The Bertz CT molecular complexity index is 1930. The van der Waals surface area contributed by atoms with E-state index in [0.717, 1.165) is 5.56 Å². The number of nitrogens with zero attached hydrogens (tertiary/aromatic N) is 2. The molecule has 45 heavy (non-hydrogen) atoms. The zero-order valence-corrected chi connectivity index (χ0v) is 28.0. The summed E-state index contributed by atoms with van der Waals surface area (Å²) in [6.07, 6.45) is 3.23. The summed E-state index contributed by atoms with van der Waals surface area (Å²) in [5, 5.41) is 0. The first-order valence-electron chi connectivity index (χ1n) is 14.3. The first-order valence-corrected chi connectivity index (χ1v) is 15.9. The van der Waals surface area contributed by atoms with Gasteiger partial charge in [-0.15, -0.1) is 0 Å². The summed E-state index contributed by atoms with van der Waals surface area (Å²) in [6.45, 7) is 7.06. The van der Waals surface area contributed by atoms with Crippen LogP contribution < -0.4 is 33.8 Å². The van der Waals surface area contributed by atoms with Gasteiger partial charge in [0.05, 0.1) is 43.6 Å². The molecule has 3 aromatic carbocycles. The second kappa shape index (κ2) is 14.2. The molecule has 5 rings (SSSR count). The number of halogens is 1. The SMILES string of the molecule is CCOc1ccc([C@H]2C(C(=O)OC)=CN=c3s/c(=C\c4cc(OC)c(OCc5ccc(C)cc5)cc4Br)c(=O)n32)cc1OCC. The van der Waals surface area contributed by atoms with Gasteiger partial charge < -0.3 is 23.7 Å². The lowest BCUT2D eigenvalue weighted by molar-refractivity contribution is -0.136. The minimum absolute atomic E-state index is 0.223. The lowest BCUT2D eigenvalue weighted by Crippen LogP contribution is -2.39. The van der Waals surface area contributed by atoms with Crippen LogP contribution in [0.2, 0.25) is 0 Å². The molecule has 1 aliphatic heterocycles. The predicted octanol–water partition coefficient (Wildman–Crippen LogP) is 5.47. The zero-order chi connectivity index (χ0) is 32.1. The molecule has 0 saturated carbocycles. The van der Waals surface area contributed by atoms with Gasteiger partial charge in [0.2, 0.25) is 0 Å². The number of hydrogen-bond donors (Lipinski definition) is 0. The van der Waals surface area contributed by atoms with Gasteiger partial charge in [0.25, 0.3) is 5.56 Å². The Balaban J connectivity index is 1.56. The Hall–Kier alpha value is -4.35. The Morgan fingerprint density at radius 1 is 0.956 bits per heavy atom. The summed E-state index contributed by atoms with van der Waals surface area (Å²) in [6, 6.07) is 16.3. The van der Waals surface area contributed by atoms with Crippen molar-refractivity contribution in [3.63, 3.8) is 0 Å². The van der Waals surface area contributed by atoms with E-state index in [2.05, 4.69) is 20.9 Å². The number of rotatable bonds is 11. The standard InChI is InChI=1S/C34H33BrN2O7S/c1-6-42-26-13-12-22(14-28(26)43-7-2)31-24(33(39)41-5)18-36-34-37(31)32(38)30(45-34)16-23-15-27(40-4)29(17-25(23)35)44-19-21-10-8-20(3)9-11-21/h8-18,31H,6-7,19H2,1-5H3/b30-16-/t31-/m0/s1. The van der Waals surface area contributed by atoms with Crippen molar-refractivity contribution < 1.29 is 28.5 Å². The van der Waals surface area contributed by atoms with Crippen LogP contribution in [0.5, 0.6) is 23.0 Å². The summed E-state index contributed by atoms with van der Waals surface area (Å²) in [5.41, 5.74) is 3.49. The summed E-state index contributed by atoms with van der Waals surface area (Å²) < 4.78 is 31.0. The number of methoxy groups -OCH3 is 2. The van der Waals surface area contributed by atoms with E-state index in [-0.39, 0.29) is 11.1 Å². The number of aryl methyl sites for hydroxylation is 1. The highest BCUT2D eigenvalue weighted by Gasteiger charge is 2.31. The third kappa shape index (κ3) is 6.84. The van der Waals surface area contributed by atoms with E-state index in [0.29, 0.717) is 67.8 Å². The predicted molar refractivity (Wildman–Crippen MR) is 176 cm³/mol. The van der Waals surface area contributed by atoms with E-state index in [9.17, 15) is 9.59 Å². The van der Waals surface area contributed by atoms with Gasteiger partial charge in [0.1, 0.15) is 6.61 Å². The van der Waals surface area contributed by atoms with Crippen LogP contribution in [-0.4, -0.2) is 38.0 Å². The molecule has 0 aliphatic carbocycles.